The average molecular weight is 391 g/mol. The van der Waals surface area contributed by atoms with Gasteiger partial charge in [-0.15, -0.1) is 0 Å². The third kappa shape index (κ3) is 4.62. The number of carboxylic acids is 1. The Balaban J connectivity index is 2.35. The van der Waals surface area contributed by atoms with Crippen molar-refractivity contribution in [3.05, 3.63) is 33.7 Å². The first-order valence-corrected chi connectivity index (χ1v) is 9.02. The van der Waals surface area contributed by atoms with Crippen molar-refractivity contribution < 1.29 is 28.6 Å². The van der Waals surface area contributed by atoms with Gasteiger partial charge in [-0.2, -0.15) is 0 Å². The summed E-state index contributed by atoms with van der Waals surface area (Å²) in [5.41, 5.74) is 0.420. The Hall–Kier alpha value is -3.03. The Kier molecular flexibility index (Phi) is 7.03. The number of amides is 1. The van der Waals surface area contributed by atoms with Crippen molar-refractivity contribution in [2.24, 2.45) is 0 Å². The van der Waals surface area contributed by atoms with E-state index < -0.39 is 23.5 Å². The van der Waals surface area contributed by atoms with Crippen LogP contribution in [0.3, 0.4) is 0 Å². The van der Waals surface area contributed by atoms with Gasteiger partial charge in [0.1, 0.15) is 11.6 Å². The Morgan fingerprint density at radius 2 is 1.86 bits per heavy atom. The second kappa shape index (κ2) is 9.25. The van der Waals surface area contributed by atoms with Gasteiger partial charge in [0.15, 0.2) is 11.5 Å². The molecule has 1 aromatic heterocycles. The van der Waals surface area contributed by atoms with E-state index in [0.29, 0.717) is 40.9 Å². The summed E-state index contributed by atoms with van der Waals surface area (Å²) in [6.45, 7) is 3.65. The summed E-state index contributed by atoms with van der Waals surface area (Å²) in [5.74, 6) is -0.754. The van der Waals surface area contributed by atoms with Crippen LogP contribution >= 0.6 is 0 Å². The zero-order chi connectivity index (χ0) is 20.8. The highest BCUT2D eigenvalue weighted by molar-refractivity contribution is 5.88. The molecule has 0 spiro atoms. The smallest absolute Gasteiger partial charge is 0.340 e. The van der Waals surface area contributed by atoms with Crippen LogP contribution in [0.15, 0.2) is 21.3 Å². The maximum absolute atomic E-state index is 12.4. The van der Waals surface area contributed by atoms with Gasteiger partial charge >= 0.3 is 11.6 Å². The van der Waals surface area contributed by atoms with Crippen LogP contribution in [-0.2, 0) is 16.0 Å². The number of carbonyl (C=O) groups excluding carboxylic acids is 1. The van der Waals surface area contributed by atoms with Crippen LogP contribution in [0.5, 0.6) is 11.5 Å². The zero-order valence-electron chi connectivity index (χ0n) is 16.5. The molecule has 2 aromatic rings. The molecule has 1 aromatic carbocycles. The van der Waals surface area contributed by atoms with E-state index in [1.807, 2.05) is 6.92 Å². The third-order valence-corrected chi connectivity index (χ3v) is 4.61. The molecule has 0 aliphatic heterocycles. The SMILES string of the molecule is CCCC[C@H](NC(=O)Cc1c(C)c2cc(OC)c(OC)cc2oc1=O)C(=O)O. The minimum atomic E-state index is -1.10. The van der Waals surface area contributed by atoms with Gasteiger partial charge in [0, 0.05) is 11.5 Å². The zero-order valence-corrected chi connectivity index (χ0v) is 16.5. The number of carboxylic acid groups (broad SMARTS) is 1. The first-order valence-electron chi connectivity index (χ1n) is 9.02. The number of hydrogen-bond acceptors (Lipinski definition) is 6. The summed E-state index contributed by atoms with van der Waals surface area (Å²) in [6.07, 6.45) is 1.56. The number of methoxy groups -OCH3 is 2. The Bertz CT molecular complexity index is 932. The van der Waals surface area contributed by atoms with E-state index in [1.54, 1.807) is 19.1 Å². The molecule has 8 heteroatoms. The number of aryl methyl sites for hydroxylation is 1. The number of hydrogen-bond donors (Lipinski definition) is 2. The number of ether oxygens (including phenoxy) is 2. The molecule has 0 aliphatic rings. The lowest BCUT2D eigenvalue weighted by atomic mass is 10.0. The quantitative estimate of drug-likeness (QED) is 0.631. The number of carbonyl (C=O) groups is 2. The van der Waals surface area contributed by atoms with E-state index in [4.69, 9.17) is 13.9 Å². The molecule has 28 heavy (non-hydrogen) atoms. The maximum Gasteiger partial charge on any atom is 0.340 e. The lowest BCUT2D eigenvalue weighted by Crippen LogP contribution is -2.42. The average Bonchev–Trinajstić information content (AvgIpc) is 2.67. The van der Waals surface area contributed by atoms with Gasteiger partial charge < -0.3 is 24.3 Å². The minimum absolute atomic E-state index is 0.178. The van der Waals surface area contributed by atoms with Crippen LogP contribution in [0, 0.1) is 6.92 Å². The number of benzene rings is 1. The van der Waals surface area contributed by atoms with Gasteiger partial charge in [-0.3, -0.25) is 4.79 Å². The van der Waals surface area contributed by atoms with Crippen molar-refractivity contribution in [1.29, 1.82) is 0 Å². The molecular formula is C20H25NO7. The minimum Gasteiger partial charge on any atom is -0.493 e. The third-order valence-electron chi connectivity index (χ3n) is 4.61. The van der Waals surface area contributed by atoms with Crippen molar-refractivity contribution in [3.8, 4) is 11.5 Å². The van der Waals surface area contributed by atoms with E-state index in [0.717, 1.165) is 6.42 Å². The van der Waals surface area contributed by atoms with Crippen LogP contribution in [0.4, 0.5) is 0 Å². The maximum atomic E-state index is 12.4. The molecule has 152 valence electrons. The van der Waals surface area contributed by atoms with Gasteiger partial charge in [0.25, 0.3) is 0 Å². The van der Waals surface area contributed by atoms with Crippen molar-refractivity contribution in [2.75, 3.05) is 14.2 Å². The predicted octanol–water partition coefficient (Wildman–Crippen LogP) is 2.42. The summed E-state index contributed by atoms with van der Waals surface area (Å²) in [5, 5.41) is 12.3. The normalized spacial score (nSPS) is 11.9. The van der Waals surface area contributed by atoms with Crippen molar-refractivity contribution >= 4 is 22.8 Å². The second-order valence-electron chi connectivity index (χ2n) is 6.47. The van der Waals surface area contributed by atoms with E-state index in [9.17, 15) is 19.5 Å². The summed E-state index contributed by atoms with van der Waals surface area (Å²) in [6, 6.07) is 2.25. The molecule has 0 saturated carbocycles. The largest absolute Gasteiger partial charge is 0.493 e. The number of nitrogens with one attached hydrogen (secondary N) is 1. The lowest BCUT2D eigenvalue weighted by molar-refractivity contribution is -0.142. The molecule has 0 saturated heterocycles. The lowest BCUT2D eigenvalue weighted by Gasteiger charge is -2.15. The van der Waals surface area contributed by atoms with Crippen molar-refractivity contribution in [1.82, 2.24) is 5.32 Å². The van der Waals surface area contributed by atoms with E-state index in [2.05, 4.69) is 5.32 Å². The van der Waals surface area contributed by atoms with E-state index in [1.165, 1.54) is 14.2 Å². The highest BCUT2D eigenvalue weighted by Crippen LogP contribution is 2.33. The van der Waals surface area contributed by atoms with Crippen LogP contribution in [0.2, 0.25) is 0 Å². The van der Waals surface area contributed by atoms with Crippen molar-refractivity contribution in [2.45, 2.75) is 45.6 Å². The van der Waals surface area contributed by atoms with E-state index >= 15 is 0 Å². The van der Waals surface area contributed by atoms with Gasteiger partial charge in [0.2, 0.25) is 5.91 Å². The fourth-order valence-electron chi connectivity index (χ4n) is 2.99. The molecular weight excluding hydrogens is 366 g/mol. The molecule has 2 N–H and O–H groups in total. The van der Waals surface area contributed by atoms with Crippen LogP contribution in [0.25, 0.3) is 11.0 Å². The van der Waals surface area contributed by atoms with Crippen molar-refractivity contribution in [3.63, 3.8) is 0 Å². The fourth-order valence-corrected chi connectivity index (χ4v) is 2.99. The molecule has 0 fully saturated rings. The number of unbranched alkanes of at least 4 members (excludes halogenated alkanes) is 1. The highest BCUT2D eigenvalue weighted by Gasteiger charge is 2.22. The standard InChI is InChI=1S/C20H25NO7/c1-5-6-7-14(19(23)24)21-18(22)9-13-11(2)12-8-16(26-3)17(27-4)10-15(12)28-20(13)25/h8,10,14H,5-7,9H2,1-4H3,(H,21,22)(H,23,24)/t14-/m0/s1. The Labute approximate surface area is 162 Å². The Morgan fingerprint density at radius 1 is 1.21 bits per heavy atom. The van der Waals surface area contributed by atoms with Gasteiger partial charge in [0.05, 0.1) is 26.2 Å². The summed E-state index contributed by atoms with van der Waals surface area (Å²) < 4.78 is 15.8. The Morgan fingerprint density at radius 3 is 2.43 bits per heavy atom. The van der Waals surface area contributed by atoms with Gasteiger partial charge in [-0.25, -0.2) is 9.59 Å². The van der Waals surface area contributed by atoms with Crippen LogP contribution < -0.4 is 20.4 Å². The summed E-state index contributed by atoms with van der Waals surface area (Å²) in [4.78, 5) is 36.1. The van der Waals surface area contributed by atoms with E-state index in [-0.39, 0.29) is 12.0 Å². The monoisotopic (exact) mass is 391 g/mol. The molecule has 8 nitrogen and oxygen atoms in total. The molecule has 1 atom stereocenters. The highest BCUT2D eigenvalue weighted by atomic mass is 16.5. The number of aliphatic carboxylic acids is 1. The van der Waals surface area contributed by atoms with Gasteiger partial charge in [-0.1, -0.05) is 19.8 Å². The van der Waals surface area contributed by atoms with Crippen LogP contribution in [-0.4, -0.2) is 37.2 Å². The molecule has 1 heterocycles. The molecule has 0 radical (unpaired) electrons. The second-order valence-corrected chi connectivity index (χ2v) is 6.47. The van der Waals surface area contributed by atoms with Gasteiger partial charge in [-0.05, 0) is 25.0 Å². The summed E-state index contributed by atoms with van der Waals surface area (Å²) in [7, 11) is 2.97. The fraction of sp³-hybridized carbons (Fsp3) is 0.450. The summed E-state index contributed by atoms with van der Waals surface area (Å²) >= 11 is 0. The van der Waals surface area contributed by atoms with Crippen LogP contribution in [0.1, 0.15) is 37.3 Å². The first kappa shape index (κ1) is 21.3. The number of rotatable bonds is 9. The molecule has 1 amide bonds. The molecule has 0 unspecified atom stereocenters. The molecule has 0 aliphatic carbocycles. The molecule has 2 rings (SSSR count). The first-order chi connectivity index (χ1) is 13.3. The number of fused-ring (bicyclic) bond motifs is 1. The predicted molar refractivity (Wildman–Crippen MR) is 103 cm³/mol. The molecule has 0 bridgehead atoms. The topological polar surface area (TPSA) is 115 Å².